The van der Waals surface area contributed by atoms with Crippen LogP contribution in [0.4, 0.5) is 0 Å². The molecule has 1 N–H and O–H groups in total. The second kappa shape index (κ2) is 5.65. The number of carboxylic acid groups (broad SMARTS) is 1. The molecule has 0 bridgehead atoms. The van der Waals surface area contributed by atoms with Gasteiger partial charge in [0.05, 0.1) is 18.6 Å². The Hall–Kier alpha value is -1.36. The van der Waals surface area contributed by atoms with E-state index in [0.717, 1.165) is 0 Å². The summed E-state index contributed by atoms with van der Waals surface area (Å²) in [4.78, 5) is 22.0. The smallest absolute Gasteiger partial charge is 0.338 e. The summed E-state index contributed by atoms with van der Waals surface area (Å²) in [5.74, 6) is -1.39. The molecule has 0 amide bonds. The molecule has 4 nitrogen and oxygen atoms in total. The third-order valence-electron chi connectivity index (χ3n) is 1.90. The van der Waals surface area contributed by atoms with Crippen LogP contribution in [0.5, 0.6) is 0 Å². The fourth-order valence-corrected chi connectivity index (χ4v) is 1.60. The van der Waals surface area contributed by atoms with E-state index in [0.29, 0.717) is 22.2 Å². The van der Waals surface area contributed by atoms with Crippen LogP contribution in [0.2, 0.25) is 0 Å². The Balaban J connectivity index is 2.97. The molecule has 0 spiro atoms. The van der Waals surface area contributed by atoms with Gasteiger partial charge in [0.1, 0.15) is 0 Å². The first-order valence-electron chi connectivity index (χ1n) is 4.72. The fourth-order valence-electron chi connectivity index (χ4n) is 1.21. The van der Waals surface area contributed by atoms with Crippen LogP contribution in [0.3, 0.4) is 0 Å². The summed E-state index contributed by atoms with van der Waals surface area (Å²) in [5, 5.41) is 8.69. The summed E-state index contributed by atoms with van der Waals surface area (Å²) in [6.45, 7) is 2.01. The minimum absolute atomic E-state index is 0.131. The summed E-state index contributed by atoms with van der Waals surface area (Å²) in [6.07, 6.45) is -0.131. The van der Waals surface area contributed by atoms with E-state index in [1.807, 2.05) is 0 Å². The molecule has 0 radical (unpaired) electrons. The van der Waals surface area contributed by atoms with Crippen LogP contribution in [-0.4, -0.2) is 23.7 Å². The summed E-state index contributed by atoms with van der Waals surface area (Å²) in [6, 6.07) is 4.76. The summed E-state index contributed by atoms with van der Waals surface area (Å²) < 4.78 is 5.50. The van der Waals surface area contributed by atoms with Gasteiger partial charge < -0.3 is 9.84 Å². The average Bonchev–Trinajstić information content (AvgIpc) is 2.21. The maximum atomic E-state index is 11.4. The molecule has 0 saturated carbocycles. The molecule has 0 aliphatic carbocycles. The predicted octanol–water partition coefficient (Wildman–Crippen LogP) is 2.25. The van der Waals surface area contributed by atoms with Crippen molar-refractivity contribution in [1.29, 1.82) is 0 Å². The predicted molar refractivity (Wildman–Crippen MR) is 61.4 cm³/mol. The van der Waals surface area contributed by atoms with Gasteiger partial charge in [-0.1, -0.05) is 15.9 Å². The normalized spacial score (nSPS) is 9.88. The SMILES string of the molecule is CCOC(=O)c1ccc(Br)c(CC(=O)O)c1. The van der Waals surface area contributed by atoms with E-state index in [-0.39, 0.29) is 6.42 Å². The van der Waals surface area contributed by atoms with E-state index in [9.17, 15) is 9.59 Å². The van der Waals surface area contributed by atoms with Gasteiger partial charge in [-0.25, -0.2) is 4.79 Å². The van der Waals surface area contributed by atoms with Gasteiger partial charge in [-0.3, -0.25) is 4.79 Å². The number of hydrogen-bond donors (Lipinski definition) is 1. The third-order valence-corrected chi connectivity index (χ3v) is 2.67. The Morgan fingerprint density at radius 1 is 1.44 bits per heavy atom. The molecular formula is C11H11BrO4. The quantitative estimate of drug-likeness (QED) is 0.863. The Morgan fingerprint density at radius 3 is 2.69 bits per heavy atom. The number of benzene rings is 1. The highest BCUT2D eigenvalue weighted by molar-refractivity contribution is 9.10. The highest BCUT2D eigenvalue weighted by Crippen LogP contribution is 2.19. The molecule has 86 valence electrons. The lowest BCUT2D eigenvalue weighted by atomic mass is 10.1. The van der Waals surface area contributed by atoms with Crippen molar-refractivity contribution in [2.75, 3.05) is 6.61 Å². The first-order chi connectivity index (χ1) is 7.54. The molecule has 5 heteroatoms. The Bertz CT molecular complexity index is 414. The van der Waals surface area contributed by atoms with Gasteiger partial charge in [-0.05, 0) is 30.7 Å². The number of aliphatic carboxylic acids is 1. The first-order valence-corrected chi connectivity index (χ1v) is 5.51. The Morgan fingerprint density at radius 2 is 2.12 bits per heavy atom. The van der Waals surface area contributed by atoms with E-state index in [1.54, 1.807) is 19.1 Å². The fraction of sp³-hybridized carbons (Fsp3) is 0.273. The van der Waals surface area contributed by atoms with Crippen LogP contribution < -0.4 is 0 Å². The standard InChI is InChI=1S/C11H11BrO4/c1-2-16-11(15)7-3-4-9(12)8(5-7)6-10(13)14/h3-5H,2,6H2,1H3,(H,13,14). The van der Waals surface area contributed by atoms with Crippen LogP contribution in [0, 0.1) is 0 Å². The minimum atomic E-state index is -0.943. The van der Waals surface area contributed by atoms with Gasteiger partial charge >= 0.3 is 11.9 Å². The minimum Gasteiger partial charge on any atom is -0.481 e. The van der Waals surface area contributed by atoms with Crippen LogP contribution in [0.15, 0.2) is 22.7 Å². The monoisotopic (exact) mass is 286 g/mol. The highest BCUT2D eigenvalue weighted by atomic mass is 79.9. The Kier molecular flexibility index (Phi) is 4.49. The van der Waals surface area contributed by atoms with E-state index in [2.05, 4.69) is 15.9 Å². The van der Waals surface area contributed by atoms with Gasteiger partial charge in [-0.2, -0.15) is 0 Å². The topological polar surface area (TPSA) is 63.6 Å². The number of carboxylic acids is 1. The van der Waals surface area contributed by atoms with Crippen molar-refractivity contribution in [1.82, 2.24) is 0 Å². The number of ether oxygens (including phenoxy) is 1. The van der Waals surface area contributed by atoms with Gasteiger partial charge in [0.2, 0.25) is 0 Å². The molecule has 0 atom stereocenters. The van der Waals surface area contributed by atoms with Crippen LogP contribution in [0.1, 0.15) is 22.8 Å². The molecule has 0 unspecified atom stereocenters. The molecule has 1 aromatic rings. The zero-order chi connectivity index (χ0) is 12.1. The van der Waals surface area contributed by atoms with Crippen LogP contribution >= 0.6 is 15.9 Å². The number of halogens is 1. The van der Waals surface area contributed by atoms with Crippen molar-refractivity contribution in [3.05, 3.63) is 33.8 Å². The lowest BCUT2D eigenvalue weighted by molar-refractivity contribution is -0.136. The molecule has 0 aliphatic heterocycles. The van der Waals surface area contributed by atoms with Crippen molar-refractivity contribution in [2.45, 2.75) is 13.3 Å². The van der Waals surface area contributed by atoms with Gasteiger partial charge in [0.25, 0.3) is 0 Å². The number of carbonyl (C=O) groups is 2. The van der Waals surface area contributed by atoms with E-state index in [4.69, 9.17) is 9.84 Å². The zero-order valence-electron chi connectivity index (χ0n) is 8.70. The maximum absolute atomic E-state index is 11.4. The molecule has 0 heterocycles. The molecule has 0 aliphatic rings. The molecule has 16 heavy (non-hydrogen) atoms. The van der Waals surface area contributed by atoms with Gasteiger partial charge in [0.15, 0.2) is 0 Å². The van der Waals surface area contributed by atoms with Crippen molar-refractivity contribution in [3.63, 3.8) is 0 Å². The second-order valence-corrected chi connectivity index (χ2v) is 3.95. The lowest BCUT2D eigenvalue weighted by Crippen LogP contribution is -2.07. The molecular weight excluding hydrogens is 276 g/mol. The lowest BCUT2D eigenvalue weighted by Gasteiger charge is -2.05. The van der Waals surface area contributed by atoms with E-state index < -0.39 is 11.9 Å². The molecule has 1 rings (SSSR count). The molecule has 0 aromatic heterocycles. The molecule has 1 aromatic carbocycles. The molecule has 0 fully saturated rings. The summed E-state index contributed by atoms with van der Waals surface area (Å²) in [7, 11) is 0. The number of hydrogen-bond acceptors (Lipinski definition) is 3. The maximum Gasteiger partial charge on any atom is 0.338 e. The van der Waals surface area contributed by atoms with E-state index in [1.165, 1.54) is 6.07 Å². The van der Waals surface area contributed by atoms with Crippen molar-refractivity contribution >= 4 is 27.9 Å². The largest absolute Gasteiger partial charge is 0.481 e. The van der Waals surface area contributed by atoms with Crippen molar-refractivity contribution in [3.8, 4) is 0 Å². The van der Waals surface area contributed by atoms with Gasteiger partial charge in [0, 0.05) is 4.47 Å². The second-order valence-electron chi connectivity index (χ2n) is 3.10. The Labute approximate surface area is 101 Å². The highest BCUT2D eigenvalue weighted by Gasteiger charge is 2.11. The molecule has 0 saturated heterocycles. The average molecular weight is 287 g/mol. The van der Waals surface area contributed by atoms with Crippen molar-refractivity contribution in [2.24, 2.45) is 0 Å². The third kappa shape index (κ3) is 3.34. The summed E-state index contributed by atoms with van der Waals surface area (Å²) in [5.41, 5.74) is 0.916. The number of rotatable bonds is 4. The summed E-state index contributed by atoms with van der Waals surface area (Å²) >= 11 is 3.23. The number of esters is 1. The zero-order valence-corrected chi connectivity index (χ0v) is 10.3. The van der Waals surface area contributed by atoms with Crippen LogP contribution in [0.25, 0.3) is 0 Å². The first kappa shape index (κ1) is 12.7. The van der Waals surface area contributed by atoms with Crippen LogP contribution in [-0.2, 0) is 16.0 Å². The number of carbonyl (C=O) groups excluding carboxylic acids is 1. The van der Waals surface area contributed by atoms with E-state index >= 15 is 0 Å². The van der Waals surface area contributed by atoms with Gasteiger partial charge in [-0.15, -0.1) is 0 Å². The van der Waals surface area contributed by atoms with Crippen molar-refractivity contribution < 1.29 is 19.4 Å².